The quantitative estimate of drug-likeness (QED) is 0.796. The number of nitrogens with zero attached hydrogens (tertiary/aromatic N) is 1. The van der Waals surface area contributed by atoms with E-state index in [1.54, 1.807) is 6.08 Å². The second kappa shape index (κ2) is 7.44. The highest BCUT2D eigenvalue weighted by atomic mass is 16.6. The van der Waals surface area contributed by atoms with E-state index in [1.807, 2.05) is 36.4 Å². The predicted octanol–water partition coefficient (Wildman–Crippen LogP) is 3.71. The molecule has 0 N–H and O–H groups in total. The third kappa shape index (κ3) is 4.01. The number of cyclic esters (lactones) is 1. The van der Waals surface area contributed by atoms with Gasteiger partial charge < -0.3 is 4.74 Å². The molecule has 1 saturated heterocycles. The summed E-state index contributed by atoms with van der Waals surface area (Å²) in [6.07, 6.45) is 9.68. The average Bonchev–Trinajstić information content (AvgIpc) is 2.95. The first kappa shape index (κ1) is 15.8. The van der Waals surface area contributed by atoms with Crippen LogP contribution in [0.4, 0.5) is 4.79 Å². The molecule has 2 aliphatic rings. The summed E-state index contributed by atoms with van der Waals surface area (Å²) in [5.41, 5.74) is 1.10. The molecule has 1 aromatic rings. The van der Waals surface area contributed by atoms with Crippen molar-refractivity contribution in [1.29, 1.82) is 0 Å². The highest BCUT2D eigenvalue weighted by molar-refractivity contribution is 5.99. The lowest BCUT2D eigenvalue weighted by atomic mass is 9.89. The largest absolute Gasteiger partial charge is 0.447 e. The lowest BCUT2D eigenvalue weighted by Crippen LogP contribution is -2.39. The topological polar surface area (TPSA) is 46.6 Å². The molecule has 122 valence electrons. The Hall–Kier alpha value is -2.10. The van der Waals surface area contributed by atoms with Crippen molar-refractivity contribution in [3.63, 3.8) is 0 Å². The summed E-state index contributed by atoms with van der Waals surface area (Å²) in [6, 6.07) is 9.67. The van der Waals surface area contributed by atoms with Gasteiger partial charge in [-0.1, -0.05) is 55.7 Å². The minimum atomic E-state index is -0.524. The highest BCUT2D eigenvalue weighted by Crippen LogP contribution is 2.25. The van der Waals surface area contributed by atoms with Crippen LogP contribution in [0.3, 0.4) is 0 Å². The fraction of sp³-hybridized carbons (Fsp3) is 0.474. The molecule has 2 fully saturated rings. The van der Waals surface area contributed by atoms with Crippen molar-refractivity contribution in [3.8, 4) is 0 Å². The molecule has 0 bridgehead atoms. The van der Waals surface area contributed by atoms with E-state index < -0.39 is 6.09 Å². The fourth-order valence-electron chi connectivity index (χ4n) is 3.39. The van der Waals surface area contributed by atoms with Crippen LogP contribution in [-0.2, 0) is 16.0 Å². The van der Waals surface area contributed by atoms with Crippen LogP contribution in [0, 0.1) is 5.92 Å². The molecule has 1 heterocycles. The van der Waals surface area contributed by atoms with Crippen LogP contribution in [0.5, 0.6) is 0 Å². The van der Waals surface area contributed by atoms with Gasteiger partial charge in [-0.3, -0.25) is 4.79 Å². The average molecular weight is 313 g/mol. The molecule has 2 amide bonds. The molecule has 0 spiro atoms. The SMILES string of the molecule is O=C(/C=C/C1CCCCC1)N1C(=O)OC[C@H]1Cc1ccccc1. The van der Waals surface area contributed by atoms with Crippen LogP contribution in [0.2, 0.25) is 0 Å². The molecule has 4 heteroatoms. The van der Waals surface area contributed by atoms with Gasteiger partial charge in [0.2, 0.25) is 0 Å². The van der Waals surface area contributed by atoms with Crippen molar-refractivity contribution < 1.29 is 14.3 Å². The molecule has 1 aliphatic carbocycles. The standard InChI is InChI=1S/C19H23NO3/c21-18(12-11-15-7-3-1-4-8-15)20-17(14-23-19(20)22)13-16-9-5-2-6-10-16/h2,5-6,9-12,15,17H,1,3-4,7-8,13-14H2/b12-11+/t17-/m1/s1. The van der Waals surface area contributed by atoms with Crippen molar-refractivity contribution in [2.45, 2.75) is 44.6 Å². The number of amides is 2. The second-order valence-electron chi connectivity index (χ2n) is 6.39. The molecular weight excluding hydrogens is 290 g/mol. The zero-order chi connectivity index (χ0) is 16.1. The molecule has 0 unspecified atom stereocenters. The smallest absolute Gasteiger partial charge is 0.417 e. The van der Waals surface area contributed by atoms with Gasteiger partial charge in [-0.2, -0.15) is 0 Å². The fourth-order valence-corrected chi connectivity index (χ4v) is 3.39. The van der Waals surface area contributed by atoms with Crippen molar-refractivity contribution in [2.75, 3.05) is 6.61 Å². The monoisotopic (exact) mass is 313 g/mol. The Balaban J connectivity index is 1.64. The van der Waals surface area contributed by atoms with Crippen LogP contribution in [0.25, 0.3) is 0 Å². The summed E-state index contributed by atoms with van der Waals surface area (Å²) in [4.78, 5) is 25.6. The molecular formula is C19H23NO3. The molecule has 23 heavy (non-hydrogen) atoms. The summed E-state index contributed by atoms with van der Waals surface area (Å²) in [6.45, 7) is 0.275. The van der Waals surface area contributed by atoms with E-state index in [2.05, 4.69) is 0 Å². The maximum absolute atomic E-state index is 12.4. The first-order valence-corrected chi connectivity index (χ1v) is 8.46. The Bertz CT molecular complexity index is 576. The zero-order valence-corrected chi connectivity index (χ0v) is 13.3. The van der Waals surface area contributed by atoms with Crippen molar-refractivity contribution in [2.24, 2.45) is 5.92 Å². The van der Waals surface area contributed by atoms with Crippen LogP contribution >= 0.6 is 0 Å². The van der Waals surface area contributed by atoms with Gasteiger partial charge in [0.25, 0.3) is 5.91 Å². The first-order chi connectivity index (χ1) is 11.2. The molecule has 1 aromatic carbocycles. The van der Waals surface area contributed by atoms with Crippen molar-refractivity contribution in [1.82, 2.24) is 4.90 Å². The van der Waals surface area contributed by atoms with Gasteiger partial charge in [0.05, 0.1) is 6.04 Å². The maximum atomic E-state index is 12.4. The normalized spacial score (nSPS) is 22.5. The van der Waals surface area contributed by atoms with Gasteiger partial charge in [-0.25, -0.2) is 9.69 Å². The molecule has 4 nitrogen and oxygen atoms in total. The Labute approximate surface area is 137 Å². The molecule has 0 aromatic heterocycles. The van der Waals surface area contributed by atoms with Crippen LogP contribution < -0.4 is 0 Å². The first-order valence-electron chi connectivity index (χ1n) is 8.46. The van der Waals surface area contributed by atoms with E-state index in [1.165, 1.54) is 24.2 Å². The summed E-state index contributed by atoms with van der Waals surface area (Å²) >= 11 is 0. The van der Waals surface area contributed by atoms with Gasteiger partial charge in [0, 0.05) is 0 Å². The van der Waals surface area contributed by atoms with Crippen LogP contribution in [0.1, 0.15) is 37.7 Å². The molecule has 1 saturated carbocycles. The number of hydrogen-bond donors (Lipinski definition) is 0. The summed E-state index contributed by atoms with van der Waals surface area (Å²) in [7, 11) is 0. The Kier molecular flexibility index (Phi) is 5.11. The maximum Gasteiger partial charge on any atom is 0.417 e. The van der Waals surface area contributed by atoms with Gasteiger partial charge in [0.1, 0.15) is 6.61 Å². The number of imide groups is 1. The van der Waals surface area contributed by atoms with Gasteiger partial charge >= 0.3 is 6.09 Å². The summed E-state index contributed by atoms with van der Waals surface area (Å²) in [5.74, 6) is 0.220. The number of carbonyl (C=O) groups is 2. The minimum Gasteiger partial charge on any atom is -0.447 e. The third-order valence-corrected chi connectivity index (χ3v) is 4.67. The van der Waals surface area contributed by atoms with Gasteiger partial charge in [0.15, 0.2) is 0 Å². The highest BCUT2D eigenvalue weighted by Gasteiger charge is 2.36. The lowest BCUT2D eigenvalue weighted by Gasteiger charge is -2.20. The van der Waals surface area contributed by atoms with E-state index in [-0.39, 0.29) is 18.6 Å². The minimum absolute atomic E-state index is 0.214. The van der Waals surface area contributed by atoms with E-state index in [9.17, 15) is 9.59 Å². The number of ether oxygens (including phenoxy) is 1. The molecule has 1 atom stereocenters. The predicted molar refractivity (Wildman–Crippen MR) is 87.8 cm³/mol. The van der Waals surface area contributed by atoms with Crippen LogP contribution in [0.15, 0.2) is 42.5 Å². The van der Waals surface area contributed by atoms with E-state index in [0.29, 0.717) is 12.3 Å². The Morgan fingerprint density at radius 1 is 1.17 bits per heavy atom. The van der Waals surface area contributed by atoms with E-state index in [0.717, 1.165) is 18.4 Å². The molecule has 0 radical (unpaired) electrons. The number of hydrogen-bond acceptors (Lipinski definition) is 3. The second-order valence-corrected chi connectivity index (χ2v) is 6.39. The zero-order valence-electron chi connectivity index (χ0n) is 13.3. The summed E-state index contributed by atoms with van der Waals surface area (Å²) < 4.78 is 5.10. The van der Waals surface area contributed by atoms with Gasteiger partial charge in [-0.05, 0) is 36.8 Å². The third-order valence-electron chi connectivity index (χ3n) is 4.67. The summed E-state index contributed by atoms with van der Waals surface area (Å²) in [5, 5.41) is 0. The van der Waals surface area contributed by atoms with Crippen molar-refractivity contribution in [3.05, 3.63) is 48.0 Å². The van der Waals surface area contributed by atoms with Crippen molar-refractivity contribution >= 4 is 12.0 Å². The number of carbonyl (C=O) groups excluding carboxylic acids is 2. The van der Waals surface area contributed by atoms with Crippen LogP contribution in [-0.4, -0.2) is 29.5 Å². The lowest BCUT2D eigenvalue weighted by molar-refractivity contribution is -0.124. The number of rotatable bonds is 4. The van der Waals surface area contributed by atoms with E-state index in [4.69, 9.17) is 4.74 Å². The number of benzene rings is 1. The molecule has 3 rings (SSSR count). The van der Waals surface area contributed by atoms with Gasteiger partial charge in [-0.15, -0.1) is 0 Å². The Morgan fingerprint density at radius 3 is 2.65 bits per heavy atom. The van der Waals surface area contributed by atoms with E-state index >= 15 is 0 Å². The Morgan fingerprint density at radius 2 is 1.91 bits per heavy atom. The molecule has 1 aliphatic heterocycles. The number of allylic oxidation sites excluding steroid dienone is 1.